The molecule has 116 valence electrons. The van der Waals surface area contributed by atoms with Crippen molar-refractivity contribution in [2.45, 2.75) is 82.8 Å². The lowest BCUT2D eigenvalue weighted by atomic mass is 9.78. The Morgan fingerprint density at radius 2 is 1.85 bits per heavy atom. The summed E-state index contributed by atoms with van der Waals surface area (Å²) in [4.78, 5) is 14.0. The molecule has 0 radical (unpaired) electrons. The lowest BCUT2D eigenvalue weighted by Gasteiger charge is -2.44. The van der Waals surface area contributed by atoms with Crippen molar-refractivity contribution < 1.29 is 9.90 Å². The summed E-state index contributed by atoms with van der Waals surface area (Å²) < 4.78 is 0. The first-order valence-electron chi connectivity index (χ1n) is 8.20. The molecular formula is C16H30N2O2. The predicted molar refractivity (Wildman–Crippen MR) is 80.6 cm³/mol. The summed E-state index contributed by atoms with van der Waals surface area (Å²) in [7, 11) is 0. The van der Waals surface area contributed by atoms with Crippen LogP contribution >= 0.6 is 0 Å². The van der Waals surface area contributed by atoms with Gasteiger partial charge < -0.3 is 10.8 Å². The van der Waals surface area contributed by atoms with E-state index in [2.05, 4.69) is 18.7 Å². The van der Waals surface area contributed by atoms with E-state index in [1.54, 1.807) is 0 Å². The quantitative estimate of drug-likeness (QED) is 0.813. The molecule has 0 amide bonds. The van der Waals surface area contributed by atoms with E-state index in [0.717, 1.165) is 19.4 Å². The number of rotatable bonds is 5. The van der Waals surface area contributed by atoms with Gasteiger partial charge in [-0.15, -0.1) is 0 Å². The maximum absolute atomic E-state index is 11.4. The number of nitrogens with zero attached hydrogens (tertiary/aromatic N) is 1. The third-order valence-electron chi connectivity index (χ3n) is 5.02. The Morgan fingerprint density at radius 1 is 1.25 bits per heavy atom. The van der Waals surface area contributed by atoms with Gasteiger partial charge in [-0.05, 0) is 44.4 Å². The molecule has 2 aliphatic carbocycles. The first-order valence-corrected chi connectivity index (χ1v) is 8.20. The highest BCUT2D eigenvalue weighted by molar-refractivity contribution is 5.78. The van der Waals surface area contributed by atoms with Gasteiger partial charge in [0.2, 0.25) is 0 Å². The van der Waals surface area contributed by atoms with Crippen molar-refractivity contribution in [2.24, 2.45) is 11.7 Å². The van der Waals surface area contributed by atoms with Gasteiger partial charge in [-0.25, -0.2) is 0 Å². The summed E-state index contributed by atoms with van der Waals surface area (Å²) in [6, 6.07) is 1.01. The van der Waals surface area contributed by atoms with Gasteiger partial charge in [0.05, 0.1) is 0 Å². The fourth-order valence-electron chi connectivity index (χ4n) is 4.01. The highest BCUT2D eigenvalue weighted by atomic mass is 16.4. The molecule has 0 saturated heterocycles. The van der Waals surface area contributed by atoms with Crippen LogP contribution in [0.4, 0.5) is 0 Å². The number of carboxylic acid groups (broad SMARTS) is 1. The fourth-order valence-corrected chi connectivity index (χ4v) is 4.01. The van der Waals surface area contributed by atoms with Crippen LogP contribution in [-0.4, -0.2) is 40.1 Å². The molecule has 0 heterocycles. The molecule has 2 aliphatic rings. The van der Waals surface area contributed by atoms with Crippen molar-refractivity contribution in [3.05, 3.63) is 0 Å². The molecule has 4 nitrogen and oxygen atoms in total. The third kappa shape index (κ3) is 3.53. The lowest BCUT2D eigenvalue weighted by Crippen LogP contribution is -2.57. The summed E-state index contributed by atoms with van der Waals surface area (Å²) in [5.41, 5.74) is 5.13. The molecule has 0 spiro atoms. The van der Waals surface area contributed by atoms with Gasteiger partial charge in [-0.1, -0.05) is 26.7 Å². The highest BCUT2D eigenvalue weighted by Gasteiger charge is 2.42. The Bertz CT molecular complexity index is 339. The molecule has 4 heteroatoms. The topological polar surface area (TPSA) is 66.6 Å². The van der Waals surface area contributed by atoms with E-state index >= 15 is 0 Å². The molecule has 2 rings (SSSR count). The van der Waals surface area contributed by atoms with Gasteiger partial charge in [-0.2, -0.15) is 0 Å². The van der Waals surface area contributed by atoms with Gasteiger partial charge in [0.1, 0.15) is 5.54 Å². The van der Waals surface area contributed by atoms with E-state index in [1.165, 1.54) is 25.7 Å². The van der Waals surface area contributed by atoms with Crippen molar-refractivity contribution in [3.8, 4) is 0 Å². The van der Waals surface area contributed by atoms with Gasteiger partial charge in [0.25, 0.3) is 0 Å². The number of carbonyl (C=O) groups is 1. The van der Waals surface area contributed by atoms with Crippen LogP contribution in [0, 0.1) is 5.92 Å². The molecular weight excluding hydrogens is 252 g/mol. The largest absolute Gasteiger partial charge is 0.480 e. The Kier molecular flexibility index (Phi) is 5.08. The maximum Gasteiger partial charge on any atom is 0.323 e. The van der Waals surface area contributed by atoms with Crippen LogP contribution in [0.5, 0.6) is 0 Å². The number of nitrogens with two attached hydrogens (primary N) is 1. The second-order valence-corrected chi connectivity index (χ2v) is 7.24. The zero-order valence-electron chi connectivity index (χ0n) is 13.0. The zero-order valence-corrected chi connectivity index (χ0v) is 13.0. The average Bonchev–Trinajstić information content (AvgIpc) is 2.89. The molecule has 0 bridgehead atoms. The second-order valence-electron chi connectivity index (χ2n) is 7.24. The van der Waals surface area contributed by atoms with Crippen LogP contribution in [0.2, 0.25) is 0 Å². The van der Waals surface area contributed by atoms with Crippen LogP contribution in [0.3, 0.4) is 0 Å². The normalized spacial score (nSPS) is 32.1. The van der Waals surface area contributed by atoms with Gasteiger partial charge in [0.15, 0.2) is 0 Å². The Labute approximate surface area is 122 Å². The first kappa shape index (κ1) is 15.8. The van der Waals surface area contributed by atoms with Crippen molar-refractivity contribution in [2.75, 3.05) is 6.54 Å². The Morgan fingerprint density at radius 3 is 2.40 bits per heavy atom. The molecule has 2 saturated carbocycles. The molecule has 0 aromatic heterocycles. The summed E-state index contributed by atoms with van der Waals surface area (Å²) >= 11 is 0. The van der Waals surface area contributed by atoms with Gasteiger partial charge in [-0.3, -0.25) is 9.69 Å². The van der Waals surface area contributed by atoms with E-state index in [4.69, 9.17) is 5.73 Å². The summed E-state index contributed by atoms with van der Waals surface area (Å²) in [6.45, 7) is 5.57. The van der Waals surface area contributed by atoms with Gasteiger partial charge >= 0.3 is 5.97 Å². The summed E-state index contributed by atoms with van der Waals surface area (Å²) in [5, 5.41) is 9.40. The Balaban J connectivity index is 2.09. The number of carboxylic acids is 1. The van der Waals surface area contributed by atoms with E-state index in [9.17, 15) is 9.90 Å². The summed E-state index contributed by atoms with van der Waals surface area (Å²) in [5.74, 6) is -0.201. The van der Waals surface area contributed by atoms with Crippen molar-refractivity contribution in [1.29, 1.82) is 0 Å². The van der Waals surface area contributed by atoms with Crippen LogP contribution in [0.1, 0.15) is 65.2 Å². The average molecular weight is 282 g/mol. The van der Waals surface area contributed by atoms with Crippen molar-refractivity contribution >= 4 is 5.97 Å². The molecule has 3 N–H and O–H groups in total. The molecule has 0 aromatic carbocycles. The minimum absolute atomic E-state index is 0.357. The highest BCUT2D eigenvalue weighted by Crippen LogP contribution is 2.34. The van der Waals surface area contributed by atoms with Gasteiger partial charge in [0, 0.05) is 18.6 Å². The molecule has 0 aromatic rings. The first-order chi connectivity index (χ1) is 9.42. The SMILES string of the molecule is CC(C)CN(C1CCCC1)C1CCCC(N)(C(=O)O)C1. The third-order valence-corrected chi connectivity index (χ3v) is 5.02. The number of hydrogen-bond donors (Lipinski definition) is 2. The number of hydrogen-bond acceptors (Lipinski definition) is 3. The van der Waals surface area contributed by atoms with Crippen LogP contribution < -0.4 is 5.73 Å². The minimum Gasteiger partial charge on any atom is -0.480 e. The smallest absolute Gasteiger partial charge is 0.323 e. The monoisotopic (exact) mass is 282 g/mol. The van der Waals surface area contributed by atoms with E-state index in [1.807, 2.05) is 0 Å². The van der Waals surface area contributed by atoms with E-state index < -0.39 is 11.5 Å². The predicted octanol–water partition coefficient (Wildman–Crippen LogP) is 2.61. The van der Waals surface area contributed by atoms with E-state index in [0.29, 0.717) is 30.8 Å². The minimum atomic E-state index is -1.00. The second kappa shape index (κ2) is 6.44. The fraction of sp³-hybridized carbons (Fsp3) is 0.938. The van der Waals surface area contributed by atoms with Crippen LogP contribution in [-0.2, 0) is 4.79 Å². The molecule has 20 heavy (non-hydrogen) atoms. The van der Waals surface area contributed by atoms with Crippen molar-refractivity contribution in [1.82, 2.24) is 4.90 Å². The Hall–Kier alpha value is -0.610. The molecule has 2 atom stereocenters. The van der Waals surface area contributed by atoms with Crippen molar-refractivity contribution in [3.63, 3.8) is 0 Å². The van der Waals surface area contributed by atoms with Crippen LogP contribution in [0.15, 0.2) is 0 Å². The lowest BCUT2D eigenvalue weighted by molar-refractivity contribution is -0.145. The molecule has 2 unspecified atom stereocenters. The molecule has 0 aliphatic heterocycles. The van der Waals surface area contributed by atoms with Crippen LogP contribution in [0.25, 0.3) is 0 Å². The standard InChI is InChI=1S/C16H30N2O2/c1-12(2)11-18(13-6-3-4-7-13)14-8-5-9-16(17,10-14)15(19)20/h12-14H,3-11,17H2,1-2H3,(H,19,20). The number of aliphatic carboxylic acids is 1. The maximum atomic E-state index is 11.4. The summed E-state index contributed by atoms with van der Waals surface area (Å²) in [6.07, 6.45) is 8.47. The van der Waals surface area contributed by atoms with E-state index in [-0.39, 0.29) is 0 Å². The molecule has 2 fully saturated rings. The zero-order chi connectivity index (χ0) is 14.8.